The minimum absolute atomic E-state index is 0.144. The standard InChI is InChI=1S/C15H24O8S2/c1-8-3-5-10(6-4-8)25(21,22)23-15(9(2)24)14(20)13(19)12(18)11(17)7-16/h3-6,9,11-20,24H,7H2,1-2H3. The lowest BCUT2D eigenvalue weighted by atomic mass is 9.98. The fourth-order valence-corrected chi connectivity index (χ4v) is 3.53. The largest absolute Gasteiger partial charge is 0.394 e. The molecule has 8 nitrogen and oxygen atoms in total. The molecule has 0 spiro atoms. The van der Waals surface area contributed by atoms with E-state index < -0.39 is 52.5 Å². The maximum absolute atomic E-state index is 12.3. The van der Waals surface area contributed by atoms with E-state index in [-0.39, 0.29) is 4.90 Å². The first-order valence-electron chi connectivity index (χ1n) is 7.52. The van der Waals surface area contributed by atoms with Gasteiger partial charge in [0.25, 0.3) is 10.1 Å². The number of rotatable bonds is 9. The van der Waals surface area contributed by atoms with Crippen LogP contribution in [-0.2, 0) is 14.3 Å². The van der Waals surface area contributed by atoms with Crippen LogP contribution < -0.4 is 0 Å². The van der Waals surface area contributed by atoms with Crippen molar-refractivity contribution in [3.05, 3.63) is 29.8 Å². The third kappa shape index (κ3) is 5.90. The summed E-state index contributed by atoms with van der Waals surface area (Å²) in [5.74, 6) is 0. The van der Waals surface area contributed by atoms with E-state index in [1.807, 2.05) is 0 Å². The van der Waals surface area contributed by atoms with Crippen LogP contribution in [-0.4, -0.2) is 76.3 Å². The van der Waals surface area contributed by atoms with Gasteiger partial charge in [-0.1, -0.05) is 24.6 Å². The second-order valence-corrected chi connectivity index (χ2v) is 8.18. The molecule has 1 aromatic rings. The Labute approximate surface area is 152 Å². The lowest BCUT2D eigenvalue weighted by Gasteiger charge is -2.32. The minimum atomic E-state index is -4.26. The molecule has 1 rings (SSSR count). The number of hydrogen-bond acceptors (Lipinski definition) is 9. The Kier molecular flexibility index (Phi) is 8.29. The van der Waals surface area contributed by atoms with Crippen LogP contribution in [0.5, 0.6) is 0 Å². The smallest absolute Gasteiger partial charge is 0.297 e. The number of hydrogen-bond donors (Lipinski definition) is 6. The Bertz CT molecular complexity index is 631. The Morgan fingerprint density at radius 2 is 1.56 bits per heavy atom. The summed E-state index contributed by atoms with van der Waals surface area (Å²) in [5.41, 5.74) is 0.842. The molecule has 1 aromatic carbocycles. The van der Waals surface area contributed by atoms with Crippen molar-refractivity contribution in [2.75, 3.05) is 6.61 Å². The van der Waals surface area contributed by atoms with Crippen LogP contribution in [0.1, 0.15) is 12.5 Å². The fourth-order valence-electron chi connectivity index (χ4n) is 2.06. The van der Waals surface area contributed by atoms with Crippen molar-refractivity contribution >= 4 is 22.7 Å². The Hall–Kier alpha value is -0.720. The fraction of sp³-hybridized carbons (Fsp3) is 0.600. The van der Waals surface area contributed by atoms with E-state index >= 15 is 0 Å². The zero-order chi connectivity index (χ0) is 19.4. The Morgan fingerprint density at radius 3 is 2.00 bits per heavy atom. The maximum Gasteiger partial charge on any atom is 0.297 e. The molecule has 0 heterocycles. The molecule has 10 heteroatoms. The summed E-state index contributed by atoms with van der Waals surface area (Å²) < 4.78 is 29.7. The van der Waals surface area contributed by atoms with E-state index in [0.717, 1.165) is 5.56 Å². The normalized spacial score (nSPS) is 19.7. The molecule has 0 aliphatic rings. The molecule has 25 heavy (non-hydrogen) atoms. The summed E-state index contributed by atoms with van der Waals surface area (Å²) in [4.78, 5) is -0.144. The highest BCUT2D eigenvalue weighted by atomic mass is 32.2. The quantitative estimate of drug-likeness (QED) is 0.226. The Balaban J connectivity index is 3.01. The van der Waals surface area contributed by atoms with E-state index in [2.05, 4.69) is 12.6 Å². The van der Waals surface area contributed by atoms with Gasteiger partial charge in [-0.15, -0.1) is 0 Å². The van der Waals surface area contributed by atoms with Gasteiger partial charge in [-0.05, 0) is 19.1 Å². The third-order valence-electron chi connectivity index (χ3n) is 3.64. The van der Waals surface area contributed by atoms with Crippen molar-refractivity contribution in [3.8, 4) is 0 Å². The second-order valence-electron chi connectivity index (χ2n) is 5.79. The zero-order valence-corrected chi connectivity index (χ0v) is 15.5. The van der Waals surface area contributed by atoms with Gasteiger partial charge in [-0.3, -0.25) is 4.18 Å². The van der Waals surface area contributed by atoms with E-state index in [1.54, 1.807) is 19.1 Å². The summed E-state index contributed by atoms with van der Waals surface area (Å²) in [5, 5.41) is 47.1. The van der Waals surface area contributed by atoms with Crippen LogP contribution in [0.3, 0.4) is 0 Å². The Morgan fingerprint density at radius 1 is 1.04 bits per heavy atom. The SMILES string of the molecule is Cc1ccc(S(=O)(=O)OC(C(C)S)C(O)C(O)C(O)C(O)CO)cc1. The average Bonchev–Trinajstić information content (AvgIpc) is 2.57. The van der Waals surface area contributed by atoms with E-state index in [9.17, 15) is 28.8 Å². The van der Waals surface area contributed by atoms with Crippen molar-refractivity contribution in [2.45, 2.75) is 54.5 Å². The first-order valence-corrected chi connectivity index (χ1v) is 9.45. The lowest BCUT2D eigenvalue weighted by Crippen LogP contribution is -2.52. The highest BCUT2D eigenvalue weighted by molar-refractivity contribution is 7.86. The molecular weight excluding hydrogens is 372 g/mol. The van der Waals surface area contributed by atoms with Gasteiger partial charge >= 0.3 is 0 Å². The summed E-state index contributed by atoms with van der Waals surface area (Å²) in [7, 11) is -4.26. The molecule has 0 amide bonds. The van der Waals surface area contributed by atoms with Crippen molar-refractivity contribution in [1.29, 1.82) is 0 Å². The molecule has 0 fully saturated rings. The van der Waals surface area contributed by atoms with Gasteiger partial charge in [0.2, 0.25) is 0 Å². The number of benzene rings is 1. The van der Waals surface area contributed by atoms with E-state index in [1.165, 1.54) is 19.1 Å². The van der Waals surface area contributed by atoms with Gasteiger partial charge in [0.05, 0.1) is 11.5 Å². The topological polar surface area (TPSA) is 145 Å². The highest BCUT2D eigenvalue weighted by Gasteiger charge is 2.39. The molecule has 0 saturated heterocycles. The van der Waals surface area contributed by atoms with Crippen LogP contribution in [0.25, 0.3) is 0 Å². The molecule has 5 N–H and O–H groups in total. The maximum atomic E-state index is 12.3. The molecular formula is C15H24O8S2. The summed E-state index contributed by atoms with van der Waals surface area (Å²) >= 11 is 4.06. The average molecular weight is 396 g/mol. The molecule has 0 aliphatic carbocycles. The summed E-state index contributed by atoms with van der Waals surface area (Å²) in [6, 6.07) is 5.81. The van der Waals surface area contributed by atoms with E-state index in [4.69, 9.17) is 9.29 Å². The molecule has 0 radical (unpaired) electrons. The molecule has 6 atom stereocenters. The first-order chi connectivity index (χ1) is 11.5. The predicted octanol–water partition coefficient (Wildman–Crippen LogP) is -1.18. The van der Waals surface area contributed by atoms with Crippen LogP contribution in [0.15, 0.2) is 29.2 Å². The third-order valence-corrected chi connectivity index (χ3v) is 5.26. The number of aliphatic hydroxyl groups excluding tert-OH is 5. The minimum Gasteiger partial charge on any atom is -0.394 e. The van der Waals surface area contributed by atoms with Gasteiger partial charge in [-0.25, -0.2) is 0 Å². The van der Waals surface area contributed by atoms with Gasteiger partial charge in [0.1, 0.15) is 30.5 Å². The number of aryl methyl sites for hydroxylation is 1. The highest BCUT2D eigenvalue weighted by Crippen LogP contribution is 2.22. The molecule has 0 aromatic heterocycles. The predicted molar refractivity (Wildman–Crippen MR) is 92.8 cm³/mol. The van der Waals surface area contributed by atoms with Crippen molar-refractivity contribution in [1.82, 2.24) is 0 Å². The summed E-state index contributed by atoms with van der Waals surface area (Å²) in [6.45, 7) is 2.36. The number of aliphatic hydroxyl groups is 5. The van der Waals surface area contributed by atoms with Crippen molar-refractivity contribution < 1.29 is 38.1 Å². The molecule has 6 unspecified atom stereocenters. The van der Waals surface area contributed by atoms with Crippen LogP contribution in [0.4, 0.5) is 0 Å². The van der Waals surface area contributed by atoms with E-state index in [0.29, 0.717) is 0 Å². The molecule has 144 valence electrons. The lowest BCUT2D eigenvalue weighted by molar-refractivity contribution is -0.135. The number of thiol groups is 1. The molecule has 0 aliphatic heterocycles. The second kappa shape index (κ2) is 9.28. The summed E-state index contributed by atoms with van der Waals surface area (Å²) in [6.07, 6.45) is -8.97. The van der Waals surface area contributed by atoms with Crippen LogP contribution in [0, 0.1) is 6.92 Å². The molecule has 0 bridgehead atoms. The van der Waals surface area contributed by atoms with Gasteiger partial charge < -0.3 is 25.5 Å². The van der Waals surface area contributed by atoms with Gasteiger partial charge in [0.15, 0.2) is 0 Å². The van der Waals surface area contributed by atoms with Gasteiger partial charge in [-0.2, -0.15) is 21.0 Å². The molecule has 0 saturated carbocycles. The van der Waals surface area contributed by atoms with Crippen molar-refractivity contribution in [3.63, 3.8) is 0 Å². The monoisotopic (exact) mass is 396 g/mol. The zero-order valence-electron chi connectivity index (χ0n) is 13.8. The first kappa shape index (κ1) is 22.3. The van der Waals surface area contributed by atoms with Gasteiger partial charge in [0, 0.05) is 5.25 Å². The van der Waals surface area contributed by atoms with Crippen LogP contribution in [0.2, 0.25) is 0 Å². The van der Waals surface area contributed by atoms with Crippen molar-refractivity contribution in [2.24, 2.45) is 0 Å². The van der Waals surface area contributed by atoms with Crippen LogP contribution >= 0.6 is 12.6 Å².